The first kappa shape index (κ1) is 22.1. The van der Waals surface area contributed by atoms with Crippen LogP contribution in [0.25, 0.3) is 0 Å². The van der Waals surface area contributed by atoms with Gasteiger partial charge in [0.25, 0.3) is 10.1 Å². The quantitative estimate of drug-likeness (QED) is 0.359. The number of aliphatic carboxylic acids is 1. The van der Waals surface area contributed by atoms with E-state index in [9.17, 15) is 18.0 Å². The van der Waals surface area contributed by atoms with Crippen LogP contribution >= 0.6 is 11.6 Å². The van der Waals surface area contributed by atoms with Gasteiger partial charge in [0, 0.05) is 46.8 Å². The molecule has 2 amide bonds. The Hall–Kier alpha value is -0.880. The standard InChI is InChI=1S/C11H14ClN3O6S.Na/c1-5-7(12)2-6(22(19,20)21)3-9(5)15-11(18)14-4-8(13)10(16)17;/h2-3,8H,4,13H2,1H3,(H,16,17)(H2,14,15,18)(H,19,20,21);/t8-;/m0./s1. The zero-order valence-electron chi connectivity index (χ0n) is 12.3. The van der Waals surface area contributed by atoms with Gasteiger partial charge in [0.1, 0.15) is 6.04 Å². The van der Waals surface area contributed by atoms with Gasteiger partial charge in [-0.2, -0.15) is 8.42 Å². The van der Waals surface area contributed by atoms with Gasteiger partial charge in [-0.05, 0) is 24.6 Å². The predicted molar refractivity (Wildman–Crippen MR) is 84.4 cm³/mol. The smallest absolute Gasteiger partial charge is 0.322 e. The molecule has 0 aliphatic heterocycles. The normalized spacial score (nSPS) is 12.0. The fraction of sp³-hybridized carbons (Fsp3) is 0.273. The van der Waals surface area contributed by atoms with Crippen LogP contribution in [0.15, 0.2) is 17.0 Å². The fourth-order valence-corrected chi connectivity index (χ4v) is 2.21. The van der Waals surface area contributed by atoms with E-state index in [2.05, 4.69) is 10.6 Å². The number of hydrogen-bond acceptors (Lipinski definition) is 5. The van der Waals surface area contributed by atoms with Crippen LogP contribution in [-0.4, -0.2) is 72.2 Å². The topological polar surface area (TPSA) is 159 Å². The first-order chi connectivity index (χ1) is 10.0. The molecule has 1 atom stereocenters. The zero-order chi connectivity index (χ0) is 17.1. The molecule has 0 aromatic heterocycles. The van der Waals surface area contributed by atoms with E-state index in [0.29, 0.717) is 5.56 Å². The van der Waals surface area contributed by atoms with Gasteiger partial charge in [0.15, 0.2) is 0 Å². The Kier molecular flexibility index (Phi) is 8.49. The maximum Gasteiger partial charge on any atom is 0.322 e. The second-order valence-corrected chi connectivity index (χ2v) is 6.16. The molecule has 123 valence electrons. The zero-order valence-corrected chi connectivity index (χ0v) is 15.9. The number of anilines is 1. The summed E-state index contributed by atoms with van der Waals surface area (Å²) >= 11 is 5.83. The molecule has 0 heterocycles. The minimum absolute atomic E-state index is 0. The number of nitrogens with two attached hydrogens (primary N) is 1. The summed E-state index contributed by atoms with van der Waals surface area (Å²) in [6.45, 7) is 1.20. The van der Waals surface area contributed by atoms with Crippen LogP contribution in [0, 0.1) is 6.92 Å². The molecule has 0 aliphatic rings. The Balaban J connectivity index is 0.00000484. The van der Waals surface area contributed by atoms with Gasteiger partial charge in [-0.25, -0.2) is 4.79 Å². The number of carbonyl (C=O) groups is 2. The molecular weight excluding hydrogens is 361 g/mol. The molecule has 1 aromatic carbocycles. The molecule has 0 spiro atoms. The van der Waals surface area contributed by atoms with Crippen molar-refractivity contribution in [2.45, 2.75) is 17.9 Å². The van der Waals surface area contributed by atoms with Gasteiger partial charge in [-0.15, -0.1) is 0 Å². The Morgan fingerprint density at radius 2 is 1.96 bits per heavy atom. The van der Waals surface area contributed by atoms with E-state index in [1.807, 2.05) is 0 Å². The minimum Gasteiger partial charge on any atom is -0.480 e. The van der Waals surface area contributed by atoms with Gasteiger partial charge in [-0.1, -0.05) is 11.6 Å². The van der Waals surface area contributed by atoms with Gasteiger partial charge >= 0.3 is 12.0 Å². The number of carboxylic acid groups (broad SMARTS) is 1. The largest absolute Gasteiger partial charge is 0.480 e. The summed E-state index contributed by atoms with van der Waals surface area (Å²) in [7, 11) is -4.49. The third-order valence-electron chi connectivity index (χ3n) is 2.66. The third-order valence-corrected chi connectivity index (χ3v) is 3.89. The molecule has 0 unspecified atom stereocenters. The molecule has 1 aromatic rings. The molecule has 1 radical (unpaired) electrons. The van der Waals surface area contributed by atoms with Gasteiger partial charge in [-0.3, -0.25) is 9.35 Å². The SMILES string of the molecule is Cc1c(Cl)cc(S(=O)(=O)O)cc1NC(=O)NC[C@H](N)C(=O)O.[Na]. The van der Waals surface area contributed by atoms with Crippen molar-refractivity contribution in [3.05, 3.63) is 22.7 Å². The van der Waals surface area contributed by atoms with Crippen LogP contribution < -0.4 is 16.4 Å². The Bertz CT molecular complexity index is 712. The molecule has 0 aliphatic carbocycles. The van der Waals surface area contributed by atoms with Crippen molar-refractivity contribution in [3.8, 4) is 0 Å². The molecule has 12 heteroatoms. The summed E-state index contributed by atoms with van der Waals surface area (Å²) in [6, 6.07) is -0.0222. The average molecular weight is 375 g/mol. The summed E-state index contributed by atoms with van der Waals surface area (Å²) in [5.41, 5.74) is 5.63. The molecule has 23 heavy (non-hydrogen) atoms. The molecule has 6 N–H and O–H groups in total. The number of nitrogens with one attached hydrogen (secondary N) is 2. The summed E-state index contributed by atoms with van der Waals surface area (Å²) < 4.78 is 31.2. The van der Waals surface area contributed by atoms with Crippen molar-refractivity contribution in [1.82, 2.24) is 5.32 Å². The van der Waals surface area contributed by atoms with Gasteiger partial charge in [0.2, 0.25) is 0 Å². The van der Waals surface area contributed by atoms with Crippen LogP contribution in [0.5, 0.6) is 0 Å². The van der Waals surface area contributed by atoms with E-state index in [1.165, 1.54) is 6.92 Å². The number of carboxylic acids is 1. The van der Waals surface area contributed by atoms with E-state index in [-0.39, 0.29) is 46.8 Å². The maximum atomic E-state index is 11.6. The molecule has 0 fully saturated rings. The predicted octanol–water partition coefficient (Wildman–Crippen LogP) is 0.0477. The second kappa shape index (κ2) is 8.83. The van der Waals surface area contributed by atoms with E-state index in [4.69, 9.17) is 27.0 Å². The number of rotatable bonds is 5. The molecule has 0 bridgehead atoms. The van der Waals surface area contributed by atoms with Crippen molar-refractivity contribution in [1.29, 1.82) is 0 Å². The number of benzene rings is 1. The molecule has 1 rings (SSSR count). The van der Waals surface area contributed by atoms with Crippen molar-refractivity contribution >= 4 is 69.0 Å². The molecule has 0 saturated heterocycles. The Morgan fingerprint density at radius 1 is 1.39 bits per heavy atom. The monoisotopic (exact) mass is 374 g/mol. The second-order valence-electron chi connectivity index (χ2n) is 4.33. The van der Waals surface area contributed by atoms with Crippen LogP contribution in [0.3, 0.4) is 0 Å². The Morgan fingerprint density at radius 3 is 2.43 bits per heavy atom. The van der Waals surface area contributed by atoms with E-state index in [0.717, 1.165) is 12.1 Å². The summed E-state index contributed by atoms with van der Waals surface area (Å²) in [5.74, 6) is -1.28. The van der Waals surface area contributed by atoms with Crippen LogP contribution in [-0.2, 0) is 14.9 Å². The summed E-state index contributed by atoms with van der Waals surface area (Å²) in [5, 5.41) is 13.1. The van der Waals surface area contributed by atoms with E-state index >= 15 is 0 Å². The molecule has 0 saturated carbocycles. The van der Waals surface area contributed by atoms with Gasteiger partial charge < -0.3 is 21.5 Å². The summed E-state index contributed by atoms with van der Waals surface area (Å²) in [6.07, 6.45) is 0. The Labute approximate surface area is 159 Å². The van der Waals surface area contributed by atoms with Crippen molar-refractivity contribution < 1.29 is 27.7 Å². The molecular formula is C11H14ClN3NaO6S. The first-order valence-corrected chi connectivity index (χ1v) is 7.65. The number of carbonyl (C=O) groups excluding carboxylic acids is 1. The molecule has 9 nitrogen and oxygen atoms in total. The third kappa shape index (κ3) is 6.63. The first-order valence-electron chi connectivity index (χ1n) is 5.83. The number of amides is 2. The van der Waals surface area contributed by atoms with E-state index in [1.54, 1.807) is 0 Å². The maximum absolute atomic E-state index is 11.6. The van der Waals surface area contributed by atoms with Crippen LogP contribution in [0.1, 0.15) is 5.56 Å². The number of halogens is 1. The average Bonchev–Trinajstić information content (AvgIpc) is 2.39. The number of hydrogen-bond donors (Lipinski definition) is 5. The summed E-state index contributed by atoms with van der Waals surface area (Å²) in [4.78, 5) is 21.7. The van der Waals surface area contributed by atoms with Crippen molar-refractivity contribution in [3.63, 3.8) is 0 Å². The van der Waals surface area contributed by atoms with Crippen molar-refractivity contribution in [2.24, 2.45) is 5.73 Å². The van der Waals surface area contributed by atoms with Gasteiger partial charge in [0.05, 0.1) is 4.90 Å². The van der Waals surface area contributed by atoms with Crippen LogP contribution in [0.4, 0.5) is 10.5 Å². The van der Waals surface area contributed by atoms with Crippen LogP contribution in [0.2, 0.25) is 5.02 Å². The van der Waals surface area contributed by atoms with E-state index < -0.39 is 33.1 Å². The number of urea groups is 1. The fourth-order valence-electron chi connectivity index (χ4n) is 1.39. The minimum atomic E-state index is -4.49. The van der Waals surface area contributed by atoms with Crippen molar-refractivity contribution in [2.75, 3.05) is 11.9 Å².